The van der Waals surface area contributed by atoms with Crippen molar-refractivity contribution in [3.8, 4) is 0 Å². The third-order valence-electron chi connectivity index (χ3n) is 2.15. The SMILES string of the molecule is CCOC(=O)C1=CCCC1OC(C)(C)C. The average molecular weight is 212 g/mol. The minimum atomic E-state index is -0.232. The molecule has 1 rings (SSSR count). The number of hydrogen-bond acceptors (Lipinski definition) is 3. The Morgan fingerprint density at radius 1 is 1.53 bits per heavy atom. The van der Waals surface area contributed by atoms with Crippen LogP contribution >= 0.6 is 0 Å². The Balaban J connectivity index is 2.60. The second-order valence-corrected chi connectivity index (χ2v) is 4.68. The molecule has 0 radical (unpaired) electrons. The van der Waals surface area contributed by atoms with Crippen molar-refractivity contribution >= 4 is 5.97 Å². The van der Waals surface area contributed by atoms with Crippen LogP contribution in [-0.4, -0.2) is 24.3 Å². The normalized spacial score (nSPS) is 21.3. The fourth-order valence-electron chi connectivity index (χ4n) is 1.66. The van der Waals surface area contributed by atoms with Gasteiger partial charge in [0, 0.05) is 0 Å². The number of esters is 1. The predicted molar refractivity (Wildman–Crippen MR) is 58.6 cm³/mol. The molecule has 0 heterocycles. The summed E-state index contributed by atoms with van der Waals surface area (Å²) in [5.74, 6) is -0.232. The van der Waals surface area contributed by atoms with Crippen LogP contribution in [0.4, 0.5) is 0 Å². The first-order valence-corrected chi connectivity index (χ1v) is 5.49. The van der Waals surface area contributed by atoms with Crippen LogP contribution in [0.2, 0.25) is 0 Å². The van der Waals surface area contributed by atoms with Crippen LogP contribution in [0.5, 0.6) is 0 Å². The van der Waals surface area contributed by atoms with Gasteiger partial charge in [-0.1, -0.05) is 6.08 Å². The molecule has 3 heteroatoms. The first kappa shape index (κ1) is 12.2. The minimum Gasteiger partial charge on any atom is -0.463 e. The third-order valence-corrected chi connectivity index (χ3v) is 2.15. The van der Waals surface area contributed by atoms with Crippen LogP contribution in [-0.2, 0) is 14.3 Å². The van der Waals surface area contributed by atoms with Gasteiger partial charge in [0.2, 0.25) is 0 Å². The molecular formula is C12H20O3. The van der Waals surface area contributed by atoms with E-state index in [4.69, 9.17) is 9.47 Å². The topological polar surface area (TPSA) is 35.5 Å². The van der Waals surface area contributed by atoms with Crippen LogP contribution in [0.25, 0.3) is 0 Å². The van der Waals surface area contributed by atoms with Crippen LogP contribution < -0.4 is 0 Å². The van der Waals surface area contributed by atoms with E-state index in [1.165, 1.54) is 0 Å². The quantitative estimate of drug-likeness (QED) is 0.674. The lowest BCUT2D eigenvalue weighted by Gasteiger charge is -2.26. The summed E-state index contributed by atoms with van der Waals surface area (Å²) in [6.45, 7) is 8.21. The molecule has 0 aromatic heterocycles. The Morgan fingerprint density at radius 2 is 2.20 bits per heavy atom. The average Bonchev–Trinajstić information content (AvgIpc) is 2.49. The lowest BCUT2D eigenvalue weighted by atomic mass is 10.1. The van der Waals surface area contributed by atoms with Gasteiger partial charge in [-0.2, -0.15) is 0 Å². The van der Waals surface area contributed by atoms with E-state index in [9.17, 15) is 4.79 Å². The Morgan fingerprint density at radius 3 is 2.73 bits per heavy atom. The van der Waals surface area contributed by atoms with Gasteiger partial charge in [0.15, 0.2) is 0 Å². The van der Waals surface area contributed by atoms with Crippen molar-refractivity contribution in [2.45, 2.75) is 52.2 Å². The zero-order valence-electron chi connectivity index (χ0n) is 10.0. The highest BCUT2D eigenvalue weighted by atomic mass is 16.5. The Labute approximate surface area is 91.4 Å². The molecule has 0 saturated heterocycles. The maximum atomic E-state index is 11.6. The van der Waals surface area contributed by atoms with Crippen molar-refractivity contribution in [2.75, 3.05) is 6.61 Å². The Hall–Kier alpha value is -0.830. The molecule has 1 atom stereocenters. The zero-order valence-corrected chi connectivity index (χ0v) is 10.0. The van der Waals surface area contributed by atoms with Crippen LogP contribution in [0.15, 0.2) is 11.6 Å². The number of hydrogen-bond donors (Lipinski definition) is 0. The van der Waals surface area contributed by atoms with Crippen molar-refractivity contribution in [3.63, 3.8) is 0 Å². The molecule has 3 nitrogen and oxygen atoms in total. The van der Waals surface area contributed by atoms with E-state index in [0.717, 1.165) is 12.8 Å². The zero-order chi connectivity index (χ0) is 11.5. The smallest absolute Gasteiger partial charge is 0.336 e. The summed E-state index contributed by atoms with van der Waals surface area (Å²) in [7, 11) is 0. The largest absolute Gasteiger partial charge is 0.463 e. The van der Waals surface area contributed by atoms with Gasteiger partial charge in [0.1, 0.15) is 0 Å². The molecule has 0 aliphatic heterocycles. The summed E-state index contributed by atoms with van der Waals surface area (Å²) >= 11 is 0. The molecule has 0 N–H and O–H groups in total. The summed E-state index contributed by atoms with van der Waals surface area (Å²) in [6, 6.07) is 0. The molecule has 1 aliphatic carbocycles. The third kappa shape index (κ3) is 3.67. The second kappa shape index (κ2) is 4.79. The molecule has 15 heavy (non-hydrogen) atoms. The molecule has 0 aromatic carbocycles. The summed E-state index contributed by atoms with van der Waals surface area (Å²) in [5.41, 5.74) is 0.465. The fourth-order valence-corrected chi connectivity index (χ4v) is 1.66. The molecule has 0 aromatic rings. The molecule has 1 aliphatic rings. The Kier molecular flexibility index (Phi) is 3.91. The van der Waals surface area contributed by atoms with Crippen molar-refractivity contribution in [1.29, 1.82) is 0 Å². The summed E-state index contributed by atoms with van der Waals surface area (Å²) in [6.07, 6.45) is 3.61. The number of allylic oxidation sites excluding steroid dienone is 1. The van der Waals surface area contributed by atoms with Gasteiger partial charge >= 0.3 is 5.97 Å². The monoisotopic (exact) mass is 212 g/mol. The van der Waals surface area contributed by atoms with Gasteiger partial charge in [0.25, 0.3) is 0 Å². The molecule has 1 unspecified atom stereocenters. The van der Waals surface area contributed by atoms with Gasteiger partial charge in [0.05, 0.1) is 23.9 Å². The highest BCUT2D eigenvalue weighted by Gasteiger charge is 2.30. The first-order chi connectivity index (χ1) is 6.94. The molecule has 0 fully saturated rings. The van der Waals surface area contributed by atoms with E-state index in [1.54, 1.807) is 0 Å². The van der Waals surface area contributed by atoms with E-state index in [2.05, 4.69) is 0 Å². The van der Waals surface area contributed by atoms with Gasteiger partial charge in [-0.3, -0.25) is 0 Å². The molecular weight excluding hydrogens is 192 g/mol. The van der Waals surface area contributed by atoms with Crippen molar-refractivity contribution in [2.24, 2.45) is 0 Å². The van der Waals surface area contributed by atoms with E-state index in [0.29, 0.717) is 12.2 Å². The Bertz CT molecular complexity index is 261. The van der Waals surface area contributed by atoms with Crippen molar-refractivity contribution in [1.82, 2.24) is 0 Å². The predicted octanol–water partition coefficient (Wildman–Crippen LogP) is 2.45. The summed E-state index contributed by atoms with van der Waals surface area (Å²) in [5, 5.41) is 0. The van der Waals surface area contributed by atoms with E-state index in [-0.39, 0.29) is 17.7 Å². The maximum Gasteiger partial charge on any atom is 0.336 e. The number of ether oxygens (including phenoxy) is 2. The second-order valence-electron chi connectivity index (χ2n) is 4.68. The molecule has 86 valence electrons. The summed E-state index contributed by atoms with van der Waals surface area (Å²) in [4.78, 5) is 11.6. The number of rotatable bonds is 3. The summed E-state index contributed by atoms with van der Waals surface area (Å²) < 4.78 is 10.8. The maximum absolute atomic E-state index is 11.6. The van der Waals surface area contributed by atoms with Crippen molar-refractivity contribution < 1.29 is 14.3 Å². The molecule has 0 saturated carbocycles. The van der Waals surface area contributed by atoms with E-state index in [1.807, 2.05) is 33.8 Å². The number of carbonyl (C=O) groups is 1. The van der Waals surface area contributed by atoms with Gasteiger partial charge in [-0.15, -0.1) is 0 Å². The van der Waals surface area contributed by atoms with Crippen molar-refractivity contribution in [3.05, 3.63) is 11.6 Å². The lowest BCUT2D eigenvalue weighted by Crippen LogP contribution is -2.29. The lowest BCUT2D eigenvalue weighted by molar-refractivity contribution is -0.141. The minimum absolute atomic E-state index is 0.0935. The first-order valence-electron chi connectivity index (χ1n) is 5.49. The van der Waals surface area contributed by atoms with E-state index < -0.39 is 0 Å². The van der Waals surface area contributed by atoms with Crippen LogP contribution in [0, 0.1) is 0 Å². The van der Waals surface area contributed by atoms with E-state index >= 15 is 0 Å². The highest BCUT2D eigenvalue weighted by Crippen LogP contribution is 2.27. The number of carbonyl (C=O) groups excluding carboxylic acids is 1. The molecule has 0 spiro atoms. The molecule has 0 bridgehead atoms. The van der Waals surface area contributed by atoms with Gasteiger partial charge < -0.3 is 9.47 Å². The van der Waals surface area contributed by atoms with Crippen LogP contribution in [0.1, 0.15) is 40.5 Å². The van der Waals surface area contributed by atoms with Gasteiger partial charge in [-0.25, -0.2) is 4.79 Å². The van der Waals surface area contributed by atoms with Crippen LogP contribution in [0.3, 0.4) is 0 Å². The highest BCUT2D eigenvalue weighted by molar-refractivity contribution is 5.90. The molecule has 0 amide bonds. The standard InChI is InChI=1S/C12H20O3/c1-5-14-11(13)9-7-6-8-10(9)15-12(2,3)4/h7,10H,5-6,8H2,1-4H3. The fraction of sp³-hybridized carbons (Fsp3) is 0.750. The van der Waals surface area contributed by atoms with Gasteiger partial charge in [-0.05, 0) is 40.5 Å².